The lowest BCUT2D eigenvalue weighted by Crippen LogP contribution is -2.49. The van der Waals surface area contributed by atoms with Crippen LogP contribution in [0.2, 0.25) is 0 Å². The van der Waals surface area contributed by atoms with Crippen LogP contribution in [0, 0.1) is 12.8 Å². The molecule has 2 aliphatic rings. The van der Waals surface area contributed by atoms with Crippen LogP contribution in [0.3, 0.4) is 0 Å². The first-order valence-electron chi connectivity index (χ1n) is 7.70. The van der Waals surface area contributed by atoms with Crippen LogP contribution >= 0.6 is 0 Å². The Morgan fingerprint density at radius 1 is 1.30 bits per heavy atom. The van der Waals surface area contributed by atoms with E-state index in [4.69, 9.17) is 5.73 Å². The van der Waals surface area contributed by atoms with Crippen LogP contribution in [0.5, 0.6) is 0 Å². The van der Waals surface area contributed by atoms with Gasteiger partial charge in [-0.25, -0.2) is 0 Å². The lowest BCUT2D eigenvalue weighted by Gasteiger charge is -2.44. The summed E-state index contributed by atoms with van der Waals surface area (Å²) in [4.78, 5) is 19.2. The van der Waals surface area contributed by atoms with Gasteiger partial charge in [-0.2, -0.15) is 0 Å². The van der Waals surface area contributed by atoms with Crippen molar-refractivity contribution in [1.82, 2.24) is 9.88 Å². The fourth-order valence-electron chi connectivity index (χ4n) is 3.80. The molecule has 0 radical (unpaired) electrons. The van der Waals surface area contributed by atoms with E-state index in [-0.39, 0.29) is 5.91 Å². The van der Waals surface area contributed by atoms with Crippen molar-refractivity contribution in [2.75, 3.05) is 12.3 Å². The van der Waals surface area contributed by atoms with E-state index in [1.807, 2.05) is 6.92 Å². The van der Waals surface area contributed by atoms with Crippen LogP contribution in [0.25, 0.3) is 0 Å². The van der Waals surface area contributed by atoms with Crippen molar-refractivity contribution in [2.24, 2.45) is 5.92 Å². The molecule has 1 aliphatic carbocycles. The Morgan fingerprint density at radius 2 is 2.05 bits per heavy atom. The Labute approximate surface area is 120 Å². The largest absolute Gasteiger partial charge is 0.397 e. The molecule has 1 amide bonds. The molecule has 1 aliphatic heterocycles. The molecule has 1 aromatic rings. The SMILES string of the molecule is Cc1ncc(N)cc1C(=O)N1CCCC2CCCCC21. The molecule has 2 N–H and O–H groups in total. The fourth-order valence-corrected chi connectivity index (χ4v) is 3.80. The van der Waals surface area contributed by atoms with E-state index in [1.54, 1.807) is 12.3 Å². The molecule has 108 valence electrons. The summed E-state index contributed by atoms with van der Waals surface area (Å²) in [6.07, 6.45) is 9.03. The van der Waals surface area contributed by atoms with Gasteiger partial charge in [-0.1, -0.05) is 12.8 Å². The number of pyridine rings is 1. The van der Waals surface area contributed by atoms with Crippen molar-refractivity contribution in [3.05, 3.63) is 23.5 Å². The first kappa shape index (κ1) is 13.4. The maximum atomic E-state index is 12.9. The molecule has 4 nitrogen and oxygen atoms in total. The van der Waals surface area contributed by atoms with E-state index >= 15 is 0 Å². The second kappa shape index (κ2) is 5.43. The number of aryl methyl sites for hydroxylation is 1. The number of nitrogens with zero attached hydrogens (tertiary/aromatic N) is 2. The second-order valence-electron chi connectivity index (χ2n) is 6.15. The Bertz CT molecular complexity index is 512. The third-order valence-electron chi connectivity index (χ3n) is 4.84. The number of nitrogen functional groups attached to an aromatic ring is 1. The smallest absolute Gasteiger partial charge is 0.256 e. The minimum absolute atomic E-state index is 0.124. The highest BCUT2D eigenvalue weighted by atomic mass is 16.2. The molecule has 2 fully saturated rings. The number of carbonyl (C=O) groups is 1. The average Bonchev–Trinajstić information content (AvgIpc) is 2.48. The first-order valence-corrected chi connectivity index (χ1v) is 7.70. The van der Waals surface area contributed by atoms with Gasteiger partial charge in [-0.3, -0.25) is 9.78 Å². The molecule has 1 saturated carbocycles. The van der Waals surface area contributed by atoms with Crippen LogP contribution in [-0.2, 0) is 0 Å². The summed E-state index contributed by atoms with van der Waals surface area (Å²) >= 11 is 0. The standard InChI is InChI=1S/C16H23N3O/c1-11-14(9-13(17)10-18-11)16(20)19-8-4-6-12-5-2-3-7-15(12)19/h9-10,12,15H,2-8,17H2,1H3. The number of hydrogen-bond donors (Lipinski definition) is 1. The topological polar surface area (TPSA) is 59.2 Å². The van der Waals surface area contributed by atoms with E-state index in [0.29, 0.717) is 23.2 Å². The molecular formula is C16H23N3O. The number of fused-ring (bicyclic) bond motifs is 1. The van der Waals surface area contributed by atoms with E-state index < -0.39 is 0 Å². The van der Waals surface area contributed by atoms with Crippen LogP contribution < -0.4 is 5.73 Å². The van der Waals surface area contributed by atoms with Gasteiger partial charge in [-0.05, 0) is 44.6 Å². The van der Waals surface area contributed by atoms with Gasteiger partial charge in [0.1, 0.15) is 0 Å². The Morgan fingerprint density at radius 3 is 2.90 bits per heavy atom. The molecule has 1 saturated heterocycles. The lowest BCUT2D eigenvalue weighted by molar-refractivity contribution is 0.0389. The number of amides is 1. The average molecular weight is 273 g/mol. The summed E-state index contributed by atoms with van der Waals surface area (Å²) in [5.74, 6) is 0.828. The molecule has 3 rings (SSSR count). The van der Waals surface area contributed by atoms with Gasteiger partial charge in [0.25, 0.3) is 5.91 Å². The highest BCUT2D eigenvalue weighted by Crippen LogP contribution is 2.36. The molecule has 20 heavy (non-hydrogen) atoms. The molecule has 1 aromatic heterocycles. The van der Waals surface area contributed by atoms with Gasteiger partial charge in [0, 0.05) is 12.6 Å². The summed E-state index contributed by atoms with van der Waals surface area (Å²) < 4.78 is 0. The van der Waals surface area contributed by atoms with E-state index in [9.17, 15) is 4.79 Å². The van der Waals surface area contributed by atoms with Crippen molar-refractivity contribution in [3.8, 4) is 0 Å². The summed E-state index contributed by atoms with van der Waals surface area (Å²) in [5, 5.41) is 0. The van der Waals surface area contributed by atoms with Crippen molar-refractivity contribution in [2.45, 2.75) is 51.5 Å². The molecule has 2 heterocycles. The van der Waals surface area contributed by atoms with E-state index in [1.165, 1.54) is 25.7 Å². The lowest BCUT2D eigenvalue weighted by atomic mass is 9.78. The van der Waals surface area contributed by atoms with E-state index in [2.05, 4.69) is 9.88 Å². The monoisotopic (exact) mass is 273 g/mol. The minimum Gasteiger partial charge on any atom is -0.397 e. The van der Waals surface area contributed by atoms with Crippen LogP contribution in [-0.4, -0.2) is 28.4 Å². The van der Waals surface area contributed by atoms with Crippen LogP contribution in [0.15, 0.2) is 12.3 Å². The van der Waals surface area contributed by atoms with E-state index in [0.717, 1.165) is 25.1 Å². The molecule has 0 aromatic carbocycles. The van der Waals surface area contributed by atoms with Crippen LogP contribution in [0.4, 0.5) is 5.69 Å². The number of rotatable bonds is 1. The fraction of sp³-hybridized carbons (Fsp3) is 0.625. The quantitative estimate of drug-likeness (QED) is 0.856. The predicted molar refractivity (Wildman–Crippen MR) is 79.4 cm³/mol. The predicted octanol–water partition coefficient (Wildman–Crippen LogP) is 2.77. The number of hydrogen-bond acceptors (Lipinski definition) is 3. The Kier molecular flexibility index (Phi) is 3.64. The third kappa shape index (κ3) is 2.39. The van der Waals surface area contributed by atoms with Gasteiger partial charge >= 0.3 is 0 Å². The zero-order valence-corrected chi connectivity index (χ0v) is 12.1. The number of nitrogens with two attached hydrogens (primary N) is 1. The van der Waals surface area contributed by atoms with Gasteiger partial charge in [0.2, 0.25) is 0 Å². The molecular weight excluding hydrogens is 250 g/mol. The molecule has 2 unspecified atom stereocenters. The Balaban J connectivity index is 1.87. The van der Waals surface area contributed by atoms with Crippen molar-refractivity contribution in [1.29, 1.82) is 0 Å². The van der Waals surface area contributed by atoms with Gasteiger partial charge in [0.05, 0.1) is 23.1 Å². The highest BCUT2D eigenvalue weighted by molar-refractivity contribution is 5.96. The number of aromatic nitrogens is 1. The molecule has 2 atom stereocenters. The second-order valence-corrected chi connectivity index (χ2v) is 6.15. The van der Waals surface area contributed by atoms with Gasteiger partial charge in [0.15, 0.2) is 0 Å². The number of piperidine rings is 1. The third-order valence-corrected chi connectivity index (χ3v) is 4.84. The van der Waals surface area contributed by atoms with Gasteiger partial charge in [-0.15, -0.1) is 0 Å². The maximum absolute atomic E-state index is 12.9. The summed E-state index contributed by atoms with van der Waals surface area (Å²) in [6.45, 7) is 2.77. The number of anilines is 1. The molecule has 0 bridgehead atoms. The highest BCUT2D eigenvalue weighted by Gasteiger charge is 2.36. The maximum Gasteiger partial charge on any atom is 0.256 e. The van der Waals surface area contributed by atoms with Gasteiger partial charge < -0.3 is 10.6 Å². The summed E-state index contributed by atoms with van der Waals surface area (Å²) in [5.41, 5.74) is 7.82. The van der Waals surface area contributed by atoms with Crippen molar-refractivity contribution >= 4 is 11.6 Å². The summed E-state index contributed by atoms with van der Waals surface area (Å²) in [6, 6.07) is 2.21. The normalized spacial score (nSPS) is 26.1. The number of likely N-dealkylation sites (tertiary alicyclic amines) is 1. The molecule has 0 spiro atoms. The number of carbonyl (C=O) groups excluding carboxylic acids is 1. The zero-order chi connectivity index (χ0) is 14.1. The van der Waals surface area contributed by atoms with Crippen molar-refractivity contribution < 1.29 is 4.79 Å². The van der Waals surface area contributed by atoms with Crippen molar-refractivity contribution in [3.63, 3.8) is 0 Å². The van der Waals surface area contributed by atoms with Crippen LogP contribution in [0.1, 0.15) is 54.6 Å². The minimum atomic E-state index is 0.124. The summed E-state index contributed by atoms with van der Waals surface area (Å²) in [7, 11) is 0. The Hall–Kier alpha value is -1.58. The first-order chi connectivity index (χ1) is 9.66. The zero-order valence-electron chi connectivity index (χ0n) is 12.1. The molecule has 4 heteroatoms.